The first-order valence-corrected chi connectivity index (χ1v) is 11.4. The number of fused-ring (bicyclic) bond motifs is 1. The van der Waals surface area contributed by atoms with Crippen LogP contribution in [0, 0.1) is 0 Å². The first-order chi connectivity index (χ1) is 14.8. The van der Waals surface area contributed by atoms with E-state index in [0.29, 0.717) is 13.3 Å². The molecule has 0 aliphatic carbocycles. The molecule has 176 valence electrons. The van der Waals surface area contributed by atoms with E-state index in [1.807, 2.05) is 6.07 Å². The molecule has 0 saturated carbocycles. The summed E-state index contributed by atoms with van der Waals surface area (Å²) >= 11 is 0. The highest BCUT2D eigenvalue weighted by Gasteiger charge is 2.35. The van der Waals surface area contributed by atoms with Crippen molar-refractivity contribution in [1.82, 2.24) is 10.6 Å². The van der Waals surface area contributed by atoms with Crippen LogP contribution >= 0.6 is 24.0 Å². The van der Waals surface area contributed by atoms with Gasteiger partial charge in [-0.1, -0.05) is 19.4 Å². The molecule has 3 rings (SSSR count). The molecular weight excluding hydrogens is 509 g/mol. The Balaban J connectivity index is 0.00000341. The molecule has 0 amide bonds. The summed E-state index contributed by atoms with van der Waals surface area (Å²) in [4.78, 5) is 4.95. The Bertz CT molecular complexity index is 681. The third kappa shape index (κ3) is 7.68. The van der Waals surface area contributed by atoms with E-state index in [1.165, 1.54) is 12.0 Å². The molecule has 2 aliphatic heterocycles. The second-order valence-electron chi connectivity index (χ2n) is 7.90. The normalized spacial score (nSPS) is 17.2. The molecule has 0 spiro atoms. The van der Waals surface area contributed by atoms with Crippen LogP contribution in [0.4, 0.5) is 0 Å². The van der Waals surface area contributed by atoms with Gasteiger partial charge in [0.15, 0.2) is 17.5 Å². The standard InChI is InChI=1S/C23H37N3O4.HI/c1-3-5-12-27-13-6-11-25-22(24-4-2)26-17-23(9-14-28-15-10-23)19-7-8-20-21(16-19)30-18-29-20;/h7-8,16H,3-6,9-15,17-18H2,1-2H3,(H2,24,25,26);1H. The van der Waals surface area contributed by atoms with E-state index in [9.17, 15) is 0 Å². The molecule has 0 aromatic heterocycles. The predicted molar refractivity (Wildman–Crippen MR) is 134 cm³/mol. The second kappa shape index (κ2) is 14.0. The average Bonchev–Trinajstić information content (AvgIpc) is 3.25. The van der Waals surface area contributed by atoms with Crippen LogP contribution < -0.4 is 20.1 Å². The highest BCUT2D eigenvalue weighted by Crippen LogP contribution is 2.41. The van der Waals surface area contributed by atoms with Gasteiger partial charge in [-0.3, -0.25) is 4.99 Å². The molecular formula is C23H38IN3O4. The quantitative estimate of drug-likeness (QED) is 0.190. The maximum atomic E-state index is 5.66. The first kappa shape index (κ1) is 26.0. The summed E-state index contributed by atoms with van der Waals surface area (Å²) in [6.45, 7) is 10.1. The topological polar surface area (TPSA) is 73.3 Å². The molecule has 0 radical (unpaired) electrons. The van der Waals surface area contributed by atoms with Crippen LogP contribution in [0.2, 0.25) is 0 Å². The molecule has 2 aliphatic rings. The van der Waals surface area contributed by atoms with Gasteiger partial charge in [0.2, 0.25) is 6.79 Å². The van der Waals surface area contributed by atoms with Crippen LogP contribution in [0.15, 0.2) is 23.2 Å². The number of unbranched alkanes of at least 4 members (excludes halogenated alkanes) is 1. The van der Waals surface area contributed by atoms with Crippen molar-refractivity contribution in [2.75, 3.05) is 52.9 Å². The molecule has 0 atom stereocenters. The summed E-state index contributed by atoms with van der Waals surface area (Å²) in [5.74, 6) is 2.51. The van der Waals surface area contributed by atoms with Gasteiger partial charge in [0.25, 0.3) is 0 Å². The number of aliphatic imine (C=N–C) groups is 1. The Kier molecular flexibility index (Phi) is 11.7. The zero-order valence-electron chi connectivity index (χ0n) is 18.9. The molecule has 1 aromatic carbocycles. The molecule has 2 N–H and O–H groups in total. The van der Waals surface area contributed by atoms with E-state index in [1.54, 1.807) is 0 Å². The molecule has 7 nitrogen and oxygen atoms in total. The lowest BCUT2D eigenvalue weighted by atomic mass is 9.74. The summed E-state index contributed by atoms with van der Waals surface area (Å²) in [5.41, 5.74) is 1.20. The SMILES string of the molecule is CCCCOCCCNC(=NCC1(c2ccc3c(c2)OCO3)CCOCC1)NCC.I. The molecule has 0 unspecified atom stereocenters. The van der Waals surface area contributed by atoms with Gasteiger partial charge in [-0.25, -0.2) is 0 Å². The fraction of sp³-hybridized carbons (Fsp3) is 0.696. The molecule has 0 bridgehead atoms. The minimum absolute atomic E-state index is 0. The monoisotopic (exact) mass is 547 g/mol. The highest BCUT2D eigenvalue weighted by atomic mass is 127. The third-order valence-electron chi connectivity index (χ3n) is 5.72. The summed E-state index contributed by atoms with van der Waals surface area (Å²) in [5, 5.41) is 6.81. The van der Waals surface area contributed by atoms with Gasteiger partial charge in [-0.2, -0.15) is 0 Å². The fourth-order valence-electron chi connectivity index (χ4n) is 3.83. The van der Waals surface area contributed by atoms with Gasteiger partial charge < -0.3 is 29.6 Å². The van der Waals surface area contributed by atoms with Crippen molar-refractivity contribution in [3.8, 4) is 11.5 Å². The largest absolute Gasteiger partial charge is 0.454 e. The Labute approximate surface area is 203 Å². The maximum absolute atomic E-state index is 5.66. The van der Waals surface area contributed by atoms with E-state index in [4.69, 9.17) is 23.9 Å². The predicted octanol–water partition coefficient (Wildman–Crippen LogP) is 3.84. The minimum atomic E-state index is -0.0507. The van der Waals surface area contributed by atoms with Crippen molar-refractivity contribution in [2.24, 2.45) is 4.99 Å². The van der Waals surface area contributed by atoms with Crippen LogP contribution in [-0.4, -0.2) is 58.8 Å². The Morgan fingerprint density at radius 3 is 2.61 bits per heavy atom. The fourth-order valence-corrected chi connectivity index (χ4v) is 3.83. The minimum Gasteiger partial charge on any atom is -0.454 e. The van der Waals surface area contributed by atoms with Crippen molar-refractivity contribution in [2.45, 2.75) is 51.4 Å². The first-order valence-electron chi connectivity index (χ1n) is 11.4. The van der Waals surface area contributed by atoms with Crippen LogP contribution in [0.25, 0.3) is 0 Å². The lowest BCUT2D eigenvalue weighted by Gasteiger charge is -2.36. The Morgan fingerprint density at radius 1 is 1.06 bits per heavy atom. The molecule has 2 heterocycles. The van der Waals surface area contributed by atoms with E-state index >= 15 is 0 Å². The third-order valence-corrected chi connectivity index (χ3v) is 5.72. The van der Waals surface area contributed by atoms with Crippen molar-refractivity contribution < 1.29 is 18.9 Å². The summed E-state index contributed by atoms with van der Waals surface area (Å²) in [6, 6.07) is 6.29. The van der Waals surface area contributed by atoms with Gasteiger partial charge in [0.05, 0.1) is 6.54 Å². The maximum Gasteiger partial charge on any atom is 0.231 e. The zero-order chi connectivity index (χ0) is 21.1. The molecule has 1 fully saturated rings. The van der Waals surface area contributed by atoms with Crippen LogP contribution in [0.3, 0.4) is 0 Å². The number of guanidine groups is 1. The smallest absolute Gasteiger partial charge is 0.231 e. The lowest BCUT2D eigenvalue weighted by molar-refractivity contribution is 0.0530. The van der Waals surface area contributed by atoms with Gasteiger partial charge >= 0.3 is 0 Å². The van der Waals surface area contributed by atoms with Gasteiger partial charge in [-0.05, 0) is 50.3 Å². The Hall–Kier alpha value is -1.26. The summed E-state index contributed by atoms with van der Waals surface area (Å²) in [6.07, 6.45) is 5.16. The highest BCUT2D eigenvalue weighted by molar-refractivity contribution is 14.0. The van der Waals surface area contributed by atoms with E-state index in [2.05, 4.69) is 36.6 Å². The number of ether oxygens (including phenoxy) is 4. The van der Waals surface area contributed by atoms with Gasteiger partial charge in [0, 0.05) is 44.9 Å². The number of rotatable bonds is 11. The van der Waals surface area contributed by atoms with Crippen molar-refractivity contribution in [3.05, 3.63) is 23.8 Å². The number of hydrogen-bond donors (Lipinski definition) is 2. The van der Waals surface area contributed by atoms with Crippen molar-refractivity contribution in [3.63, 3.8) is 0 Å². The molecule has 1 aromatic rings. The molecule has 31 heavy (non-hydrogen) atoms. The van der Waals surface area contributed by atoms with Crippen LogP contribution in [0.1, 0.15) is 51.5 Å². The Morgan fingerprint density at radius 2 is 1.84 bits per heavy atom. The molecule has 8 heteroatoms. The molecule has 1 saturated heterocycles. The number of benzene rings is 1. The number of halogens is 1. The van der Waals surface area contributed by atoms with E-state index in [-0.39, 0.29) is 29.4 Å². The lowest BCUT2D eigenvalue weighted by Crippen LogP contribution is -2.41. The van der Waals surface area contributed by atoms with E-state index in [0.717, 1.165) is 82.7 Å². The summed E-state index contributed by atoms with van der Waals surface area (Å²) < 4.78 is 22.4. The zero-order valence-corrected chi connectivity index (χ0v) is 21.2. The summed E-state index contributed by atoms with van der Waals surface area (Å²) in [7, 11) is 0. The van der Waals surface area contributed by atoms with Crippen molar-refractivity contribution in [1.29, 1.82) is 0 Å². The van der Waals surface area contributed by atoms with E-state index < -0.39 is 0 Å². The number of nitrogens with zero attached hydrogens (tertiary/aromatic N) is 1. The van der Waals surface area contributed by atoms with Gasteiger partial charge in [-0.15, -0.1) is 24.0 Å². The average molecular weight is 547 g/mol. The van der Waals surface area contributed by atoms with Crippen LogP contribution in [-0.2, 0) is 14.9 Å². The number of nitrogens with one attached hydrogen (secondary N) is 2. The number of hydrogen-bond acceptors (Lipinski definition) is 5. The second-order valence-corrected chi connectivity index (χ2v) is 7.90. The van der Waals surface area contributed by atoms with Gasteiger partial charge in [0.1, 0.15) is 0 Å². The van der Waals surface area contributed by atoms with Crippen LogP contribution in [0.5, 0.6) is 11.5 Å². The van der Waals surface area contributed by atoms with Crippen molar-refractivity contribution >= 4 is 29.9 Å².